The average Bonchev–Trinajstić information content (AvgIpc) is 2.65. The van der Waals surface area contributed by atoms with Crippen LogP contribution in [0.4, 0.5) is 5.69 Å². The fourth-order valence-corrected chi connectivity index (χ4v) is 2.26. The van der Waals surface area contributed by atoms with Gasteiger partial charge in [0.25, 0.3) is 11.6 Å². The second-order valence-corrected chi connectivity index (χ2v) is 5.34. The lowest BCUT2D eigenvalue weighted by Crippen LogP contribution is -2.42. The third-order valence-electron chi connectivity index (χ3n) is 3.51. The molecule has 0 spiro atoms. The number of ether oxygens (including phenoxy) is 3. The summed E-state index contributed by atoms with van der Waals surface area (Å²) in [7, 11) is 0. The van der Waals surface area contributed by atoms with Gasteiger partial charge in [0, 0.05) is 12.1 Å². The lowest BCUT2D eigenvalue weighted by molar-refractivity contribution is -0.384. The Bertz CT molecular complexity index is 762. The highest BCUT2D eigenvalue weighted by Gasteiger charge is 2.21. The molecule has 0 saturated carbocycles. The highest BCUT2D eigenvalue weighted by atomic mass is 16.6. The molecule has 0 aromatic heterocycles. The molecule has 1 atom stereocenters. The molecule has 3 rings (SSSR count). The predicted molar refractivity (Wildman–Crippen MR) is 88.0 cm³/mol. The van der Waals surface area contributed by atoms with E-state index in [2.05, 4.69) is 5.32 Å². The molecule has 1 heterocycles. The van der Waals surface area contributed by atoms with Crippen molar-refractivity contribution in [3.05, 3.63) is 58.6 Å². The first-order valence-corrected chi connectivity index (χ1v) is 7.64. The van der Waals surface area contributed by atoms with Crippen LogP contribution in [0.25, 0.3) is 0 Å². The van der Waals surface area contributed by atoms with Gasteiger partial charge >= 0.3 is 0 Å². The predicted octanol–water partition coefficient (Wildman–Crippen LogP) is 1.93. The van der Waals surface area contributed by atoms with E-state index in [0.717, 1.165) is 0 Å². The number of rotatable bonds is 6. The molecule has 1 N–H and O–H groups in total. The fraction of sp³-hybridized carbons (Fsp3) is 0.235. The molecule has 0 aliphatic carbocycles. The Kier molecular flexibility index (Phi) is 4.98. The fourth-order valence-electron chi connectivity index (χ4n) is 2.26. The van der Waals surface area contributed by atoms with Gasteiger partial charge in [-0.1, -0.05) is 12.1 Å². The number of carbonyl (C=O) groups excluding carboxylic acids is 1. The van der Waals surface area contributed by atoms with Gasteiger partial charge in [0.05, 0.1) is 11.5 Å². The Morgan fingerprint density at radius 2 is 1.92 bits per heavy atom. The minimum atomic E-state index is -0.499. The number of nitrogens with one attached hydrogen (secondary N) is 1. The Morgan fingerprint density at radius 3 is 2.64 bits per heavy atom. The molecule has 0 fully saturated rings. The molecule has 2 aromatic rings. The number of amides is 1. The zero-order valence-electron chi connectivity index (χ0n) is 13.2. The summed E-state index contributed by atoms with van der Waals surface area (Å²) in [6.07, 6.45) is -0.279. The molecule has 0 saturated heterocycles. The quantitative estimate of drug-likeness (QED) is 0.635. The van der Waals surface area contributed by atoms with Crippen molar-refractivity contribution in [1.82, 2.24) is 5.32 Å². The number of hydrogen-bond donors (Lipinski definition) is 1. The van der Waals surface area contributed by atoms with E-state index in [4.69, 9.17) is 14.2 Å². The number of benzene rings is 2. The number of hydrogen-bond acceptors (Lipinski definition) is 6. The number of non-ortho nitro benzene ring substituents is 1. The monoisotopic (exact) mass is 344 g/mol. The molecule has 25 heavy (non-hydrogen) atoms. The lowest BCUT2D eigenvalue weighted by Gasteiger charge is -2.26. The van der Waals surface area contributed by atoms with Crippen LogP contribution in [0.5, 0.6) is 17.2 Å². The Balaban J connectivity index is 1.42. The molecule has 2 aromatic carbocycles. The largest absolute Gasteiger partial charge is 0.486 e. The third kappa shape index (κ3) is 4.37. The van der Waals surface area contributed by atoms with E-state index in [1.54, 1.807) is 6.07 Å². The summed E-state index contributed by atoms with van der Waals surface area (Å²) >= 11 is 0. The van der Waals surface area contributed by atoms with Crippen molar-refractivity contribution in [2.75, 3.05) is 19.8 Å². The first-order chi connectivity index (χ1) is 12.1. The van der Waals surface area contributed by atoms with Crippen molar-refractivity contribution in [3.63, 3.8) is 0 Å². The van der Waals surface area contributed by atoms with Gasteiger partial charge in [-0.3, -0.25) is 14.9 Å². The van der Waals surface area contributed by atoms with Crippen molar-refractivity contribution >= 4 is 11.6 Å². The summed E-state index contributed by atoms with van der Waals surface area (Å²) < 4.78 is 16.6. The van der Waals surface area contributed by atoms with Crippen molar-refractivity contribution in [2.45, 2.75) is 6.10 Å². The zero-order chi connectivity index (χ0) is 17.6. The summed E-state index contributed by atoms with van der Waals surface area (Å²) in [5.41, 5.74) is -0.0356. The van der Waals surface area contributed by atoms with E-state index in [-0.39, 0.29) is 30.9 Å². The number of para-hydroxylation sites is 2. The molecule has 0 bridgehead atoms. The molecule has 1 amide bonds. The van der Waals surface area contributed by atoms with Crippen LogP contribution in [0.2, 0.25) is 0 Å². The van der Waals surface area contributed by atoms with Crippen LogP contribution in [0.1, 0.15) is 0 Å². The number of nitro groups is 1. The minimum absolute atomic E-state index is 0.0356. The number of carbonyl (C=O) groups is 1. The van der Waals surface area contributed by atoms with E-state index in [9.17, 15) is 14.9 Å². The first-order valence-electron chi connectivity index (χ1n) is 7.64. The van der Waals surface area contributed by atoms with Gasteiger partial charge in [-0.25, -0.2) is 0 Å². The summed E-state index contributed by atoms with van der Waals surface area (Å²) in [4.78, 5) is 21.9. The highest BCUT2D eigenvalue weighted by molar-refractivity contribution is 5.77. The molecular weight excluding hydrogens is 328 g/mol. The maximum absolute atomic E-state index is 11.8. The van der Waals surface area contributed by atoms with Crippen molar-refractivity contribution < 1.29 is 23.9 Å². The zero-order valence-corrected chi connectivity index (χ0v) is 13.2. The van der Waals surface area contributed by atoms with Gasteiger partial charge < -0.3 is 19.5 Å². The summed E-state index contributed by atoms with van der Waals surface area (Å²) in [6.45, 7) is 0.444. The standard InChI is InChI=1S/C17H16N2O6/c20-17(11-23-13-7-5-12(6-8-13)19(21)22)18-9-14-10-24-15-3-1-2-4-16(15)25-14/h1-8,14H,9-11H2,(H,18,20). The van der Waals surface area contributed by atoms with Crippen LogP contribution in [0.15, 0.2) is 48.5 Å². The van der Waals surface area contributed by atoms with Gasteiger partial charge in [-0.05, 0) is 24.3 Å². The minimum Gasteiger partial charge on any atom is -0.486 e. The Hall–Kier alpha value is -3.29. The highest BCUT2D eigenvalue weighted by Crippen LogP contribution is 2.30. The molecule has 8 nitrogen and oxygen atoms in total. The topological polar surface area (TPSA) is 99.9 Å². The second-order valence-electron chi connectivity index (χ2n) is 5.34. The van der Waals surface area contributed by atoms with Crippen LogP contribution < -0.4 is 19.5 Å². The summed E-state index contributed by atoms with van der Waals surface area (Å²) in [5, 5.41) is 13.3. The third-order valence-corrected chi connectivity index (χ3v) is 3.51. The number of nitro benzene ring substituents is 1. The van der Waals surface area contributed by atoms with Crippen LogP contribution in [0.3, 0.4) is 0 Å². The SMILES string of the molecule is O=C(COc1ccc([N+](=O)[O-])cc1)NCC1COc2ccccc2O1. The van der Waals surface area contributed by atoms with Gasteiger partial charge in [0.15, 0.2) is 18.1 Å². The first kappa shape index (κ1) is 16.6. The number of nitrogens with zero attached hydrogens (tertiary/aromatic N) is 1. The van der Waals surface area contributed by atoms with E-state index in [0.29, 0.717) is 23.9 Å². The lowest BCUT2D eigenvalue weighted by atomic mass is 10.2. The van der Waals surface area contributed by atoms with E-state index < -0.39 is 4.92 Å². The van der Waals surface area contributed by atoms with Crippen molar-refractivity contribution in [1.29, 1.82) is 0 Å². The van der Waals surface area contributed by atoms with Crippen LogP contribution >= 0.6 is 0 Å². The van der Waals surface area contributed by atoms with Crippen molar-refractivity contribution in [2.24, 2.45) is 0 Å². The molecular formula is C17H16N2O6. The van der Waals surface area contributed by atoms with E-state index in [1.807, 2.05) is 18.2 Å². The molecule has 1 aliphatic heterocycles. The van der Waals surface area contributed by atoms with Gasteiger partial charge in [-0.15, -0.1) is 0 Å². The van der Waals surface area contributed by atoms with Gasteiger partial charge in [-0.2, -0.15) is 0 Å². The van der Waals surface area contributed by atoms with Crippen LogP contribution in [0, 0.1) is 10.1 Å². The normalized spacial score (nSPS) is 15.3. The maximum atomic E-state index is 11.8. The smallest absolute Gasteiger partial charge is 0.269 e. The van der Waals surface area contributed by atoms with Gasteiger partial charge in [0.2, 0.25) is 0 Å². The van der Waals surface area contributed by atoms with E-state index >= 15 is 0 Å². The molecule has 130 valence electrons. The summed E-state index contributed by atoms with van der Waals surface area (Å²) in [5.74, 6) is 1.40. The van der Waals surface area contributed by atoms with Crippen LogP contribution in [-0.2, 0) is 4.79 Å². The van der Waals surface area contributed by atoms with Gasteiger partial charge in [0.1, 0.15) is 18.5 Å². The summed E-state index contributed by atoms with van der Waals surface area (Å²) in [6, 6.07) is 12.9. The van der Waals surface area contributed by atoms with Crippen LogP contribution in [-0.4, -0.2) is 36.7 Å². The average molecular weight is 344 g/mol. The Morgan fingerprint density at radius 1 is 1.20 bits per heavy atom. The number of fused-ring (bicyclic) bond motifs is 1. The van der Waals surface area contributed by atoms with E-state index in [1.165, 1.54) is 24.3 Å². The molecule has 0 radical (unpaired) electrons. The molecule has 1 aliphatic rings. The maximum Gasteiger partial charge on any atom is 0.269 e. The van der Waals surface area contributed by atoms with Crippen molar-refractivity contribution in [3.8, 4) is 17.2 Å². The molecule has 8 heteroatoms. The second kappa shape index (κ2) is 7.52. The molecule has 1 unspecified atom stereocenters. The Labute approximate surface area is 143 Å².